The van der Waals surface area contributed by atoms with Gasteiger partial charge in [-0.25, -0.2) is 0 Å². The van der Waals surface area contributed by atoms with Gasteiger partial charge >= 0.3 is 5.97 Å². The average molecular weight is 327 g/mol. The Kier molecular flexibility index (Phi) is 6.82. The van der Waals surface area contributed by atoms with Crippen molar-refractivity contribution in [3.8, 4) is 5.75 Å². The van der Waals surface area contributed by atoms with Gasteiger partial charge in [-0.1, -0.05) is 48.5 Å². The van der Waals surface area contributed by atoms with Crippen molar-refractivity contribution in [3.05, 3.63) is 65.7 Å². The Bertz CT molecular complexity index is 640. The molecule has 0 aromatic heterocycles. The fourth-order valence-corrected chi connectivity index (χ4v) is 2.41. The standard InChI is InChI=1S/C20H25NO3/c1-16(22)23-15-18-11-7-8-12-19(18)24-20(13-14-21(2)3)17-9-5-4-6-10-17/h4-12,20H,13-15H2,1-3H3/t20-/m1/s1. The zero-order valence-electron chi connectivity index (χ0n) is 14.6. The molecule has 0 aliphatic rings. The molecule has 0 radical (unpaired) electrons. The van der Waals surface area contributed by atoms with Crippen molar-refractivity contribution in [3.63, 3.8) is 0 Å². The Balaban J connectivity index is 2.18. The maximum Gasteiger partial charge on any atom is 0.302 e. The fraction of sp³-hybridized carbons (Fsp3) is 0.350. The number of para-hydroxylation sites is 1. The molecular formula is C20H25NO3. The zero-order valence-corrected chi connectivity index (χ0v) is 14.6. The second kappa shape index (κ2) is 9.08. The lowest BCUT2D eigenvalue weighted by Gasteiger charge is -2.23. The summed E-state index contributed by atoms with van der Waals surface area (Å²) >= 11 is 0. The molecule has 0 aliphatic heterocycles. The van der Waals surface area contributed by atoms with Gasteiger partial charge in [0.1, 0.15) is 18.5 Å². The van der Waals surface area contributed by atoms with Gasteiger partial charge in [0.05, 0.1) is 0 Å². The Hall–Kier alpha value is -2.33. The van der Waals surface area contributed by atoms with Crippen LogP contribution in [0.25, 0.3) is 0 Å². The number of hydrogen-bond acceptors (Lipinski definition) is 4. The number of carbonyl (C=O) groups excluding carboxylic acids is 1. The van der Waals surface area contributed by atoms with Crippen molar-refractivity contribution < 1.29 is 14.3 Å². The van der Waals surface area contributed by atoms with E-state index in [1.807, 2.05) is 42.5 Å². The van der Waals surface area contributed by atoms with Crippen molar-refractivity contribution >= 4 is 5.97 Å². The van der Waals surface area contributed by atoms with Gasteiger partial charge in [0, 0.05) is 25.5 Å². The summed E-state index contributed by atoms with van der Waals surface area (Å²) in [6.45, 7) is 2.56. The first-order valence-corrected chi connectivity index (χ1v) is 8.14. The van der Waals surface area contributed by atoms with E-state index >= 15 is 0 Å². The van der Waals surface area contributed by atoms with Crippen molar-refractivity contribution in [2.24, 2.45) is 0 Å². The quantitative estimate of drug-likeness (QED) is 0.691. The molecule has 0 fully saturated rings. The van der Waals surface area contributed by atoms with Gasteiger partial charge in [-0.05, 0) is 25.7 Å². The molecule has 24 heavy (non-hydrogen) atoms. The predicted octanol–water partition coefficient (Wildman–Crippen LogP) is 3.82. The third-order valence-corrected chi connectivity index (χ3v) is 3.68. The topological polar surface area (TPSA) is 38.8 Å². The van der Waals surface area contributed by atoms with Crippen LogP contribution in [-0.4, -0.2) is 31.5 Å². The highest BCUT2D eigenvalue weighted by Gasteiger charge is 2.16. The molecule has 0 saturated carbocycles. The molecule has 0 aliphatic carbocycles. The molecule has 1 atom stereocenters. The lowest BCUT2D eigenvalue weighted by atomic mass is 10.1. The lowest BCUT2D eigenvalue weighted by molar-refractivity contribution is -0.142. The van der Waals surface area contributed by atoms with Crippen LogP contribution in [0.15, 0.2) is 54.6 Å². The number of hydrogen-bond donors (Lipinski definition) is 0. The van der Waals surface area contributed by atoms with Crippen LogP contribution in [0.5, 0.6) is 5.75 Å². The molecule has 4 heteroatoms. The van der Waals surface area contributed by atoms with E-state index in [-0.39, 0.29) is 18.7 Å². The fourth-order valence-electron chi connectivity index (χ4n) is 2.41. The summed E-state index contributed by atoms with van der Waals surface area (Å²) in [5, 5.41) is 0. The molecule has 2 aromatic rings. The van der Waals surface area contributed by atoms with Crippen LogP contribution in [0.2, 0.25) is 0 Å². The summed E-state index contributed by atoms with van der Waals surface area (Å²) < 4.78 is 11.4. The number of nitrogens with zero attached hydrogens (tertiary/aromatic N) is 1. The van der Waals surface area contributed by atoms with E-state index in [0.29, 0.717) is 0 Å². The van der Waals surface area contributed by atoms with E-state index in [2.05, 4.69) is 31.1 Å². The first-order valence-electron chi connectivity index (χ1n) is 8.14. The number of ether oxygens (including phenoxy) is 2. The van der Waals surface area contributed by atoms with E-state index in [4.69, 9.17) is 9.47 Å². The monoisotopic (exact) mass is 327 g/mol. The molecule has 0 spiro atoms. The van der Waals surface area contributed by atoms with Crippen LogP contribution in [0, 0.1) is 0 Å². The van der Waals surface area contributed by atoms with E-state index in [9.17, 15) is 4.79 Å². The Morgan fingerprint density at radius 2 is 1.71 bits per heavy atom. The molecule has 0 heterocycles. The van der Waals surface area contributed by atoms with Crippen LogP contribution < -0.4 is 4.74 Å². The van der Waals surface area contributed by atoms with Gasteiger partial charge in [-0.2, -0.15) is 0 Å². The van der Waals surface area contributed by atoms with Crippen LogP contribution in [0.1, 0.15) is 30.6 Å². The number of carbonyl (C=O) groups is 1. The van der Waals surface area contributed by atoms with Gasteiger partial charge in [-0.15, -0.1) is 0 Å². The third kappa shape index (κ3) is 5.70. The van der Waals surface area contributed by atoms with Crippen molar-refractivity contribution in [2.45, 2.75) is 26.1 Å². The maximum absolute atomic E-state index is 11.1. The van der Waals surface area contributed by atoms with Crippen molar-refractivity contribution in [1.82, 2.24) is 4.90 Å². The minimum Gasteiger partial charge on any atom is -0.485 e. The second-order valence-electron chi connectivity index (χ2n) is 6.00. The summed E-state index contributed by atoms with van der Waals surface area (Å²) in [7, 11) is 4.10. The van der Waals surface area contributed by atoms with Gasteiger partial charge in [0.2, 0.25) is 0 Å². The molecular weight excluding hydrogens is 302 g/mol. The van der Waals surface area contributed by atoms with Gasteiger partial charge in [0.25, 0.3) is 0 Å². The summed E-state index contributed by atoms with van der Waals surface area (Å²) in [5.74, 6) is 0.461. The van der Waals surface area contributed by atoms with Crippen LogP contribution >= 0.6 is 0 Å². The Morgan fingerprint density at radius 3 is 2.38 bits per heavy atom. The molecule has 0 N–H and O–H groups in total. The van der Waals surface area contributed by atoms with Gasteiger partial charge in [-0.3, -0.25) is 4.79 Å². The molecule has 2 rings (SSSR count). The smallest absolute Gasteiger partial charge is 0.302 e. The molecule has 4 nitrogen and oxygen atoms in total. The second-order valence-corrected chi connectivity index (χ2v) is 6.00. The van der Waals surface area contributed by atoms with E-state index in [1.165, 1.54) is 6.92 Å². The van der Waals surface area contributed by atoms with Crippen molar-refractivity contribution in [2.75, 3.05) is 20.6 Å². The highest BCUT2D eigenvalue weighted by molar-refractivity contribution is 5.66. The van der Waals surface area contributed by atoms with Gasteiger partial charge in [0.15, 0.2) is 0 Å². The number of esters is 1. The van der Waals surface area contributed by atoms with Gasteiger partial charge < -0.3 is 14.4 Å². The van der Waals surface area contributed by atoms with E-state index in [0.717, 1.165) is 29.8 Å². The summed E-state index contributed by atoms with van der Waals surface area (Å²) in [4.78, 5) is 13.2. The van der Waals surface area contributed by atoms with Crippen molar-refractivity contribution in [1.29, 1.82) is 0 Å². The summed E-state index contributed by atoms with van der Waals surface area (Å²) in [6, 6.07) is 17.9. The average Bonchev–Trinajstić information content (AvgIpc) is 2.58. The highest BCUT2D eigenvalue weighted by atomic mass is 16.5. The molecule has 2 aromatic carbocycles. The molecule has 128 valence electrons. The molecule has 0 saturated heterocycles. The zero-order chi connectivity index (χ0) is 17.4. The largest absolute Gasteiger partial charge is 0.485 e. The third-order valence-electron chi connectivity index (χ3n) is 3.68. The first-order chi connectivity index (χ1) is 11.6. The van der Waals surface area contributed by atoms with Crippen LogP contribution in [0.3, 0.4) is 0 Å². The van der Waals surface area contributed by atoms with E-state index in [1.54, 1.807) is 0 Å². The lowest BCUT2D eigenvalue weighted by Crippen LogP contribution is -2.19. The maximum atomic E-state index is 11.1. The van der Waals surface area contributed by atoms with Crippen LogP contribution in [0.4, 0.5) is 0 Å². The SMILES string of the molecule is CC(=O)OCc1ccccc1O[C@H](CCN(C)C)c1ccccc1. The van der Waals surface area contributed by atoms with Crippen LogP contribution in [-0.2, 0) is 16.1 Å². The Labute approximate surface area is 144 Å². The number of rotatable bonds is 8. The minimum atomic E-state index is -0.294. The predicted molar refractivity (Wildman–Crippen MR) is 94.9 cm³/mol. The minimum absolute atomic E-state index is 0.0490. The molecule has 0 amide bonds. The number of benzene rings is 2. The summed E-state index contributed by atoms with van der Waals surface area (Å²) in [5.41, 5.74) is 2.01. The summed E-state index contributed by atoms with van der Waals surface area (Å²) in [6.07, 6.45) is 0.825. The Morgan fingerprint density at radius 1 is 1.04 bits per heavy atom. The normalized spacial score (nSPS) is 12.0. The highest BCUT2D eigenvalue weighted by Crippen LogP contribution is 2.28. The molecule has 0 bridgehead atoms. The van der Waals surface area contributed by atoms with E-state index < -0.39 is 0 Å². The molecule has 0 unspecified atom stereocenters. The first kappa shape index (κ1) is 18.0.